The van der Waals surface area contributed by atoms with Gasteiger partial charge in [-0.2, -0.15) is 5.10 Å². The minimum atomic E-state index is -0.407. The molecule has 8 nitrogen and oxygen atoms in total. The molecule has 8 heteroatoms. The number of amides is 3. The van der Waals surface area contributed by atoms with E-state index in [1.807, 2.05) is 35.7 Å². The molecule has 0 spiro atoms. The van der Waals surface area contributed by atoms with Gasteiger partial charge < -0.3 is 9.80 Å². The molecule has 3 amide bonds. The van der Waals surface area contributed by atoms with Crippen molar-refractivity contribution in [2.45, 2.75) is 32.1 Å². The number of aromatic nitrogens is 2. The highest BCUT2D eigenvalue weighted by Crippen LogP contribution is 2.35. The van der Waals surface area contributed by atoms with Gasteiger partial charge in [-0.05, 0) is 12.5 Å². The zero-order chi connectivity index (χ0) is 19.8. The van der Waals surface area contributed by atoms with Crippen LogP contribution in [0.2, 0.25) is 0 Å². The number of benzene rings is 1. The summed E-state index contributed by atoms with van der Waals surface area (Å²) in [5.74, 6) is -0.704. The number of nitrogens with one attached hydrogen (secondary N) is 1. The maximum absolute atomic E-state index is 12.3. The summed E-state index contributed by atoms with van der Waals surface area (Å²) >= 11 is 0. The summed E-state index contributed by atoms with van der Waals surface area (Å²) in [6.45, 7) is 4.84. The van der Waals surface area contributed by atoms with E-state index in [1.165, 1.54) is 0 Å². The summed E-state index contributed by atoms with van der Waals surface area (Å²) in [6.07, 6.45) is 1.35. The molecule has 1 N–H and O–H groups in total. The maximum Gasteiger partial charge on any atom is 0.235 e. The quantitative estimate of drug-likeness (QED) is 0.804. The Hall–Kier alpha value is -2.90. The van der Waals surface area contributed by atoms with E-state index in [4.69, 9.17) is 0 Å². The van der Waals surface area contributed by atoms with Gasteiger partial charge in [-0.1, -0.05) is 19.1 Å². The van der Waals surface area contributed by atoms with Gasteiger partial charge in [0.25, 0.3) is 0 Å². The molecule has 148 valence electrons. The molecular formula is C20H25N5O3. The van der Waals surface area contributed by atoms with Crippen LogP contribution in [0.5, 0.6) is 0 Å². The average molecular weight is 383 g/mol. The number of hydrogen-bond acceptors (Lipinski definition) is 5. The third-order valence-corrected chi connectivity index (χ3v) is 5.72. The minimum Gasteiger partial charge on any atom is -0.366 e. The van der Waals surface area contributed by atoms with Crippen molar-refractivity contribution in [3.8, 4) is 0 Å². The van der Waals surface area contributed by atoms with E-state index in [0.29, 0.717) is 32.4 Å². The highest BCUT2D eigenvalue weighted by Gasteiger charge is 2.32. The van der Waals surface area contributed by atoms with Crippen LogP contribution in [0, 0.1) is 0 Å². The van der Waals surface area contributed by atoms with Crippen LogP contribution in [0.25, 0.3) is 10.9 Å². The number of nitrogens with zero attached hydrogens (tertiary/aromatic N) is 4. The van der Waals surface area contributed by atoms with Crippen molar-refractivity contribution in [1.82, 2.24) is 20.0 Å². The van der Waals surface area contributed by atoms with E-state index >= 15 is 0 Å². The molecule has 4 rings (SSSR count). The van der Waals surface area contributed by atoms with Gasteiger partial charge in [0.05, 0.1) is 22.8 Å². The highest BCUT2D eigenvalue weighted by molar-refractivity contribution is 6.03. The molecular weight excluding hydrogens is 358 g/mol. The van der Waals surface area contributed by atoms with E-state index in [1.54, 1.807) is 0 Å². The molecule has 28 heavy (non-hydrogen) atoms. The van der Waals surface area contributed by atoms with Crippen molar-refractivity contribution in [2.24, 2.45) is 7.05 Å². The summed E-state index contributed by atoms with van der Waals surface area (Å²) < 4.78 is 1.83. The van der Waals surface area contributed by atoms with E-state index in [-0.39, 0.29) is 17.7 Å². The highest BCUT2D eigenvalue weighted by atomic mass is 16.2. The predicted molar refractivity (Wildman–Crippen MR) is 105 cm³/mol. The average Bonchev–Trinajstić information content (AvgIpc) is 3.04. The largest absolute Gasteiger partial charge is 0.366 e. The first-order chi connectivity index (χ1) is 13.5. The number of para-hydroxylation sites is 1. The molecule has 2 saturated heterocycles. The van der Waals surface area contributed by atoms with Crippen molar-refractivity contribution in [3.05, 3.63) is 23.9 Å². The topological polar surface area (TPSA) is 87.5 Å². The number of carbonyl (C=O) groups excluding carboxylic acids is 3. The fraction of sp³-hybridized carbons (Fsp3) is 0.500. The van der Waals surface area contributed by atoms with Crippen LogP contribution in [0.15, 0.2) is 18.2 Å². The van der Waals surface area contributed by atoms with Crippen LogP contribution in [0.3, 0.4) is 0 Å². The Bertz CT molecular complexity index is 943. The van der Waals surface area contributed by atoms with Gasteiger partial charge in [0.2, 0.25) is 17.7 Å². The number of anilines is 1. The SMILES string of the molecule is CCC(=O)N1CCN(c2cccc3c(C4CCC(=O)NC4=O)nn(C)c23)CC1. The number of piperazine rings is 1. The molecule has 0 bridgehead atoms. The number of hydrogen-bond donors (Lipinski definition) is 1. The van der Waals surface area contributed by atoms with E-state index in [2.05, 4.69) is 21.4 Å². The lowest BCUT2D eigenvalue weighted by molar-refractivity contribution is -0.134. The molecule has 2 aromatic rings. The van der Waals surface area contributed by atoms with Gasteiger partial charge in [-0.25, -0.2) is 0 Å². The number of imide groups is 1. The van der Waals surface area contributed by atoms with E-state index < -0.39 is 5.92 Å². The lowest BCUT2D eigenvalue weighted by atomic mass is 9.92. The van der Waals surface area contributed by atoms with Crippen LogP contribution in [0.4, 0.5) is 5.69 Å². The Labute approximate surface area is 163 Å². The van der Waals surface area contributed by atoms with Crippen molar-refractivity contribution in [3.63, 3.8) is 0 Å². The molecule has 0 saturated carbocycles. The van der Waals surface area contributed by atoms with Gasteiger partial charge >= 0.3 is 0 Å². The molecule has 1 atom stereocenters. The lowest BCUT2D eigenvalue weighted by Crippen LogP contribution is -2.48. The molecule has 1 aromatic heterocycles. The predicted octanol–water partition coefficient (Wildman–Crippen LogP) is 1.15. The summed E-state index contributed by atoms with van der Waals surface area (Å²) in [5.41, 5.74) is 2.77. The number of carbonyl (C=O) groups is 3. The second kappa shape index (κ2) is 7.26. The van der Waals surface area contributed by atoms with Crippen LogP contribution < -0.4 is 10.2 Å². The molecule has 0 radical (unpaired) electrons. The van der Waals surface area contributed by atoms with Gasteiger partial charge in [-0.3, -0.25) is 24.4 Å². The van der Waals surface area contributed by atoms with Crippen molar-refractivity contribution >= 4 is 34.3 Å². The van der Waals surface area contributed by atoms with Crippen molar-refractivity contribution < 1.29 is 14.4 Å². The second-order valence-electron chi connectivity index (χ2n) is 7.41. The molecule has 2 aliphatic rings. The summed E-state index contributed by atoms with van der Waals surface area (Å²) in [6, 6.07) is 6.04. The van der Waals surface area contributed by atoms with Gasteiger partial charge in [0.15, 0.2) is 0 Å². The van der Waals surface area contributed by atoms with Crippen LogP contribution in [0.1, 0.15) is 37.8 Å². The minimum absolute atomic E-state index is 0.193. The van der Waals surface area contributed by atoms with E-state index in [0.717, 1.165) is 35.4 Å². The summed E-state index contributed by atoms with van der Waals surface area (Å²) in [7, 11) is 1.89. The van der Waals surface area contributed by atoms with Gasteiger partial charge in [-0.15, -0.1) is 0 Å². The number of rotatable bonds is 3. The van der Waals surface area contributed by atoms with Crippen LogP contribution >= 0.6 is 0 Å². The normalized spacial score (nSPS) is 20.6. The molecule has 3 heterocycles. The summed E-state index contributed by atoms with van der Waals surface area (Å²) in [5, 5.41) is 8.03. The second-order valence-corrected chi connectivity index (χ2v) is 7.41. The first-order valence-corrected chi connectivity index (χ1v) is 9.81. The zero-order valence-electron chi connectivity index (χ0n) is 16.3. The first-order valence-electron chi connectivity index (χ1n) is 9.81. The fourth-order valence-electron chi connectivity index (χ4n) is 4.23. The Morgan fingerprint density at radius 2 is 1.96 bits per heavy atom. The zero-order valence-corrected chi connectivity index (χ0v) is 16.3. The number of piperidine rings is 1. The van der Waals surface area contributed by atoms with Crippen molar-refractivity contribution in [1.29, 1.82) is 0 Å². The fourth-order valence-corrected chi connectivity index (χ4v) is 4.23. The third kappa shape index (κ3) is 3.12. The summed E-state index contributed by atoms with van der Waals surface area (Å²) in [4.78, 5) is 40.0. The Kier molecular flexibility index (Phi) is 4.78. The smallest absolute Gasteiger partial charge is 0.235 e. The Morgan fingerprint density at radius 3 is 2.64 bits per heavy atom. The van der Waals surface area contributed by atoms with Gasteiger partial charge in [0.1, 0.15) is 0 Å². The maximum atomic E-state index is 12.3. The molecule has 0 aliphatic carbocycles. The molecule has 1 unspecified atom stereocenters. The third-order valence-electron chi connectivity index (χ3n) is 5.72. The van der Waals surface area contributed by atoms with E-state index in [9.17, 15) is 14.4 Å². The van der Waals surface area contributed by atoms with Gasteiger partial charge in [0, 0.05) is 51.5 Å². The Balaban J connectivity index is 1.65. The number of aryl methyl sites for hydroxylation is 1. The van der Waals surface area contributed by atoms with Crippen LogP contribution in [-0.4, -0.2) is 58.6 Å². The van der Waals surface area contributed by atoms with Crippen LogP contribution in [-0.2, 0) is 21.4 Å². The standard InChI is InChI=1S/C20H25N5O3/c1-3-17(27)25-11-9-24(10-12-25)15-6-4-5-13-18(22-23(2)19(13)15)14-7-8-16(26)21-20(14)28/h4-6,14H,3,7-12H2,1-2H3,(H,21,26,28). The molecule has 2 fully saturated rings. The molecule has 1 aromatic carbocycles. The lowest BCUT2D eigenvalue weighted by Gasteiger charge is -2.36. The van der Waals surface area contributed by atoms with Crippen molar-refractivity contribution in [2.75, 3.05) is 31.1 Å². The monoisotopic (exact) mass is 383 g/mol. The molecule has 2 aliphatic heterocycles. The number of fused-ring (bicyclic) bond motifs is 1. The first kappa shape index (κ1) is 18.5. The Morgan fingerprint density at radius 1 is 1.21 bits per heavy atom.